The van der Waals surface area contributed by atoms with E-state index in [4.69, 9.17) is 0 Å². The van der Waals surface area contributed by atoms with Gasteiger partial charge in [0.2, 0.25) is 0 Å². The van der Waals surface area contributed by atoms with E-state index in [-0.39, 0.29) is 0 Å². The maximum atomic E-state index is 2.37. The quantitative estimate of drug-likeness (QED) is 0.187. The minimum atomic E-state index is 1.28. The first-order valence-corrected chi connectivity index (χ1v) is 17.3. The van der Waals surface area contributed by atoms with Crippen molar-refractivity contribution in [3.05, 3.63) is 132 Å². The van der Waals surface area contributed by atoms with Crippen LogP contribution in [0.5, 0.6) is 0 Å². The minimum Gasteiger partial charge on any atom is -0.143 e. The van der Waals surface area contributed by atoms with Gasteiger partial charge >= 0.3 is 0 Å². The molecule has 0 saturated carbocycles. The van der Waals surface area contributed by atoms with Gasteiger partial charge < -0.3 is 0 Å². The fourth-order valence-electron chi connectivity index (χ4n) is 5.89. The molecule has 0 aliphatic carbocycles. The van der Waals surface area contributed by atoms with Gasteiger partial charge in [-0.3, -0.25) is 0 Å². The average molecular weight is 607 g/mol. The van der Waals surface area contributed by atoms with Crippen molar-refractivity contribution < 1.29 is 0 Å². The maximum absolute atomic E-state index is 2.37. The molecule has 0 fully saturated rings. The van der Waals surface area contributed by atoms with E-state index in [0.717, 1.165) is 0 Å². The molecule has 0 radical (unpaired) electrons. The molecular formula is C38H22S4. The van der Waals surface area contributed by atoms with E-state index in [0.29, 0.717) is 0 Å². The third-order valence-corrected chi connectivity index (χ3v) is 12.3. The Balaban J connectivity index is 1.01. The molecule has 9 rings (SSSR count). The van der Waals surface area contributed by atoms with Gasteiger partial charge in [0, 0.05) is 50.5 Å². The van der Waals surface area contributed by atoms with Gasteiger partial charge in [0.1, 0.15) is 0 Å². The number of hydrogen-bond donors (Lipinski definition) is 0. The van der Waals surface area contributed by atoms with Crippen LogP contribution >= 0.6 is 45.3 Å². The normalized spacial score (nSPS) is 11.8. The summed E-state index contributed by atoms with van der Waals surface area (Å²) in [5.74, 6) is 0. The predicted molar refractivity (Wildman–Crippen MR) is 190 cm³/mol. The Morgan fingerprint density at radius 3 is 1.21 bits per heavy atom. The summed E-state index contributed by atoms with van der Waals surface area (Å²) in [6.45, 7) is 0. The summed E-state index contributed by atoms with van der Waals surface area (Å²) in [6, 6.07) is 44.9. The van der Waals surface area contributed by atoms with Crippen LogP contribution in [0.2, 0.25) is 0 Å². The second-order valence-electron chi connectivity index (χ2n) is 10.6. The molecule has 0 aliphatic rings. The minimum absolute atomic E-state index is 1.28. The first kappa shape index (κ1) is 24.5. The summed E-state index contributed by atoms with van der Waals surface area (Å²) in [4.78, 5) is 2.64. The second kappa shape index (κ2) is 9.75. The Hall–Kier alpha value is -4.06. The van der Waals surface area contributed by atoms with Crippen molar-refractivity contribution in [3.8, 4) is 43.1 Å². The van der Waals surface area contributed by atoms with Gasteiger partial charge in [-0.2, -0.15) is 0 Å². The fraction of sp³-hybridized carbons (Fsp3) is 0. The van der Waals surface area contributed by atoms with Crippen molar-refractivity contribution in [2.45, 2.75) is 0 Å². The molecule has 0 amide bonds. The zero-order chi connectivity index (χ0) is 27.6. The van der Waals surface area contributed by atoms with Crippen molar-refractivity contribution in [3.63, 3.8) is 0 Å². The van der Waals surface area contributed by atoms with E-state index in [1.807, 2.05) is 45.3 Å². The van der Waals surface area contributed by atoms with E-state index in [1.54, 1.807) is 0 Å². The number of hydrogen-bond acceptors (Lipinski definition) is 4. The fourth-order valence-corrected chi connectivity index (χ4v) is 10.0. The number of thiophene rings is 4. The largest absolute Gasteiger partial charge is 0.143 e. The third kappa shape index (κ3) is 4.06. The van der Waals surface area contributed by atoms with E-state index in [9.17, 15) is 0 Å². The van der Waals surface area contributed by atoms with Crippen LogP contribution < -0.4 is 0 Å². The lowest BCUT2D eigenvalue weighted by molar-refractivity contribution is 1.68. The van der Waals surface area contributed by atoms with Crippen molar-refractivity contribution >= 4 is 85.7 Å². The van der Waals surface area contributed by atoms with Crippen molar-refractivity contribution in [1.29, 1.82) is 0 Å². The summed E-state index contributed by atoms with van der Waals surface area (Å²) in [6.07, 6.45) is 0. The summed E-state index contributed by atoms with van der Waals surface area (Å²) in [7, 11) is 0. The SMILES string of the molecule is c1ccc2c(-c3ccc(-c4cc5cc6sc(-c7ccc(-c8csc9ccccc89)cc7)cc6cc5s4)cc3)csc2c1. The van der Waals surface area contributed by atoms with Crippen LogP contribution in [0.1, 0.15) is 0 Å². The molecule has 4 aromatic heterocycles. The highest BCUT2D eigenvalue weighted by Crippen LogP contribution is 2.42. The van der Waals surface area contributed by atoms with Gasteiger partial charge in [-0.15, -0.1) is 45.3 Å². The van der Waals surface area contributed by atoms with Crippen LogP contribution in [0, 0.1) is 0 Å². The Kier molecular flexibility index (Phi) is 5.70. The molecule has 0 aliphatic heterocycles. The summed E-state index contributed by atoms with van der Waals surface area (Å²) in [5, 5.41) is 9.87. The molecule has 0 atom stereocenters. The highest BCUT2D eigenvalue weighted by molar-refractivity contribution is 7.24. The predicted octanol–water partition coefficient (Wildman–Crippen LogP) is 13.2. The monoisotopic (exact) mass is 606 g/mol. The lowest BCUT2D eigenvalue weighted by Gasteiger charge is -2.02. The lowest BCUT2D eigenvalue weighted by atomic mass is 10.0. The Bertz CT molecular complexity index is 2170. The molecule has 42 heavy (non-hydrogen) atoms. The van der Waals surface area contributed by atoms with Gasteiger partial charge in [0.15, 0.2) is 0 Å². The molecule has 0 saturated heterocycles. The zero-order valence-corrected chi connectivity index (χ0v) is 25.6. The molecule has 9 aromatic rings. The Morgan fingerprint density at radius 2 is 0.762 bits per heavy atom. The van der Waals surface area contributed by atoms with Gasteiger partial charge in [-0.25, -0.2) is 0 Å². The first-order chi connectivity index (χ1) is 20.8. The summed E-state index contributed by atoms with van der Waals surface area (Å²) in [5.41, 5.74) is 7.77. The molecule has 0 nitrogen and oxygen atoms in total. The lowest BCUT2D eigenvalue weighted by Crippen LogP contribution is -1.77. The van der Waals surface area contributed by atoms with Gasteiger partial charge in [0.05, 0.1) is 0 Å². The Morgan fingerprint density at radius 1 is 0.357 bits per heavy atom. The van der Waals surface area contributed by atoms with E-state index < -0.39 is 0 Å². The van der Waals surface area contributed by atoms with Crippen molar-refractivity contribution in [1.82, 2.24) is 0 Å². The standard InChI is InChI=1S/C38H22S4/c1-3-7-33-29(5-1)31(21-39-33)23-9-13-25(14-10-23)35-17-27-19-38-28(20-37(27)41-35)18-36(42-38)26-15-11-24(12-16-26)32-22-40-34-8-4-2-6-30(32)34/h1-22H. The number of benzene rings is 5. The molecule has 0 unspecified atom stereocenters. The molecule has 0 bridgehead atoms. The number of rotatable bonds is 4. The topological polar surface area (TPSA) is 0 Å². The van der Waals surface area contributed by atoms with Gasteiger partial charge in [-0.05, 0) is 80.2 Å². The van der Waals surface area contributed by atoms with E-state index >= 15 is 0 Å². The van der Waals surface area contributed by atoms with Gasteiger partial charge in [0.25, 0.3) is 0 Å². The molecule has 4 heteroatoms. The van der Waals surface area contributed by atoms with Crippen LogP contribution in [-0.4, -0.2) is 0 Å². The van der Waals surface area contributed by atoms with Crippen LogP contribution in [0.25, 0.3) is 83.5 Å². The Labute approximate surface area is 259 Å². The van der Waals surface area contributed by atoms with Crippen LogP contribution in [0.15, 0.2) is 132 Å². The smallest absolute Gasteiger partial charge is 0.0356 e. The second-order valence-corrected chi connectivity index (χ2v) is 14.6. The summed E-state index contributed by atoms with van der Waals surface area (Å²) < 4.78 is 5.37. The van der Waals surface area contributed by atoms with Crippen molar-refractivity contribution in [2.75, 3.05) is 0 Å². The molecular weight excluding hydrogens is 585 g/mol. The maximum Gasteiger partial charge on any atom is 0.0356 e. The highest BCUT2D eigenvalue weighted by atomic mass is 32.1. The molecule has 198 valence electrons. The molecule has 0 N–H and O–H groups in total. The molecule has 0 spiro atoms. The van der Waals surface area contributed by atoms with E-state index in [1.165, 1.54) is 83.5 Å². The molecule has 4 heterocycles. The highest BCUT2D eigenvalue weighted by Gasteiger charge is 2.12. The van der Waals surface area contributed by atoms with E-state index in [2.05, 4.69) is 132 Å². The zero-order valence-electron chi connectivity index (χ0n) is 22.3. The van der Waals surface area contributed by atoms with Crippen LogP contribution in [0.4, 0.5) is 0 Å². The van der Waals surface area contributed by atoms with Gasteiger partial charge in [-0.1, -0.05) is 84.9 Å². The summed E-state index contributed by atoms with van der Waals surface area (Å²) >= 11 is 7.40. The van der Waals surface area contributed by atoms with Crippen molar-refractivity contribution in [2.24, 2.45) is 0 Å². The third-order valence-electron chi connectivity index (χ3n) is 8.08. The van der Waals surface area contributed by atoms with Crippen LogP contribution in [0.3, 0.4) is 0 Å². The average Bonchev–Trinajstić information content (AvgIpc) is 3.84. The molecule has 5 aromatic carbocycles. The number of fused-ring (bicyclic) bond motifs is 4. The first-order valence-electron chi connectivity index (χ1n) is 13.9. The van der Waals surface area contributed by atoms with Crippen LogP contribution in [-0.2, 0) is 0 Å².